The first kappa shape index (κ1) is 17.3. The molecule has 0 atom stereocenters. The number of nitrogens with zero attached hydrogens (tertiary/aromatic N) is 2. The molecule has 4 rings (SSSR count). The highest BCUT2D eigenvalue weighted by molar-refractivity contribution is 8.00. The molecule has 0 bridgehead atoms. The van der Waals surface area contributed by atoms with E-state index in [-0.39, 0.29) is 11.7 Å². The number of para-hydroxylation sites is 1. The van der Waals surface area contributed by atoms with Gasteiger partial charge in [-0.05, 0) is 43.5 Å². The standard InChI is InChI=1S/C20H18ClN3OS/c1-12-15(21)6-4-8-16(12)22-18(25)11-26-20-14-5-2-3-7-17(14)23-19(24-20)13-9-10-13/h2-8,13H,9-11H2,1H3,(H,22,25). The Kier molecular flexibility index (Phi) is 4.83. The zero-order valence-electron chi connectivity index (χ0n) is 14.3. The molecular formula is C20H18ClN3OS. The molecule has 0 unspecified atom stereocenters. The zero-order chi connectivity index (χ0) is 18.1. The summed E-state index contributed by atoms with van der Waals surface area (Å²) in [5.41, 5.74) is 2.56. The fourth-order valence-electron chi connectivity index (χ4n) is 2.76. The van der Waals surface area contributed by atoms with Crippen molar-refractivity contribution < 1.29 is 4.79 Å². The highest BCUT2D eigenvalue weighted by atomic mass is 35.5. The molecular weight excluding hydrogens is 366 g/mol. The van der Waals surface area contributed by atoms with Crippen molar-refractivity contribution >= 4 is 45.9 Å². The maximum absolute atomic E-state index is 12.4. The van der Waals surface area contributed by atoms with E-state index in [1.807, 2.05) is 49.4 Å². The lowest BCUT2D eigenvalue weighted by Gasteiger charge is -2.10. The highest BCUT2D eigenvalue weighted by Gasteiger charge is 2.27. The monoisotopic (exact) mass is 383 g/mol. The lowest BCUT2D eigenvalue weighted by molar-refractivity contribution is -0.113. The molecule has 1 aliphatic rings. The van der Waals surface area contributed by atoms with Gasteiger partial charge in [0.05, 0.1) is 11.3 Å². The summed E-state index contributed by atoms with van der Waals surface area (Å²) in [4.78, 5) is 21.8. The maximum atomic E-state index is 12.4. The maximum Gasteiger partial charge on any atom is 0.234 e. The minimum absolute atomic E-state index is 0.0731. The summed E-state index contributed by atoms with van der Waals surface area (Å²) >= 11 is 7.57. The molecule has 4 nitrogen and oxygen atoms in total. The highest BCUT2D eigenvalue weighted by Crippen LogP contribution is 2.39. The van der Waals surface area contributed by atoms with Crippen LogP contribution in [0.15, 0.2) is 47.5 Å². The van der Waals surface area contributed by atoms with Crippen molar-refractivity contribution in [2.45, 2.75) is 30.7 Å². The lowest BCUT2D eigenvalue weighted by atomic mass is 10.2. The van der Waals surface area contributed by atoms with E-state index < -0.39 is 0 Å². The molecule has 1 heterocycles. The van der Waals surface area contributed by atoms with Crippen molar-refractivity contribution in [1.29, 1.82) is 0 Å². The van der Waals surface area contributed by atoms with E-state index in [1.54, 1.807) is 0 Å². The number of carbonyl (C=O) groups is 1. The second kappa shape index (κ2) is 7.25. The number of anilines is 1. The van der Waals surface area contributed by atoms with Gasteiger partial charge in [0, 0.05) is 22.0 Å². The van der Waals surface area contributed by atoms with E-state index in [1.165, 1.54) is 11.8 Å². The minimum atomic E-state index is -0.0731. The van der Waals surface area contributed by atoms with Crippen molar-refractivity contribution in [1.82, 2.24) is 9.97 Å². The Morgan fingerprint density at radius 2 is 2.00 bits per heavy atom. The van der Waals surface area contributed by atoms with Crippen LogP contribution in [-0.4, -0.2) is 21.6 Å². The molecule has 1 N–H and O–H groups in total. The SMILES string of the molecule is Cc1c(Cl)cccc1NC(=O)CSc1nc(C2CC2)nc2ccccc12. The molecule has 26 heavy (non-hydrogen) atoms. The van der Waals surface area contributed by atoms with Crippen LogP contribution in [0.3, 0.4) is 0 Å². The fourth-order valence-corrected chi connectivity index (χ4v) is 3.76. The van der Waals surface area contributed by atoms with Gasteiger partial charge >= 0.3 is 0 Å². The molecule has 0 saturated heterocycles. The van der Waals surface area contributed by atoms with Gasteiger partial charge in [-0.25, -0.2) is 9.97 Å². The van der Waals surface area contributed by atoms with Gasteiger partial charge < -0.3 is 5.32 Å². The third-order valence-electron chi connectivity index (χ3n) is 4.41. The number of fused-ring (bicyclic) bond motifs is 1. The van der Waals surface area contributed by atoms with Crippen LogP contribution in [0.25, 0.3) is 10.9 Å². The number of hydrogen-bond acceptors (Lipinski definition) is 4. The number of benzene rings is 2. The summed E-state index contributed by atoms with van der Waals surface area (Å²) in [7, 11) is 0. The number of aromatic nitrogens is 2. The summed E-state index contributed by atoms with van der Waals surface area (Å²) < 4.78 is 0. The molecule has 6 heteroatoms. The van der Waals surface area contributed by atoms with E-state index in [0.29, 0.717) is 10.9 Å². The lowest BCUT2D eigenvalue weighted by Crippen LogP contribution is -2.15. The Morgan fingerprint density at radius 3 is 2.81 bits per heavy atom. The van der Waals surface area contributed by atoms with Crippen LogP contribution in [-0.2, 0) is 4.79 Å². The third kappa shape index (κ3) is 3.69. The number of rotatable bonds is 5. The molecule has 1 saturated carbocycles. The van der Waals surface area contributed by atoms with E-state index in [9.17, 15) is 4.79 Å². The Bertz CT molecular complexity index is 988. The Labute approximate surface area is 161 Å². The number of carbonyl (C=O) groups excluding carboxylic acids is 1. The molecule has 1 fully saturated rings. The van der Waals surface area contributed by atoms with Gasteiger partial charge in [-0.2, -0.15) is 0 Å². The molecule has 132 valence electrons. The van der Waals surface area contributed by atoms with Crippen LogP contribution in [0, 0.1) is 6.92 Å². The summed E-state index contributed by atoms with van der Waals surface area (Å²) in [5, 5.41) is 5.44. The average molecular weight is 384 g/mol. The molecule has 2 aromatic carbocycles. The average Bonchev–Trinajstić information content (AvgIpc) is 3.48. The van der Waals surface area contributed by atoms with Gasteiger partial charge in [-0.3, -0.25) is 4.79 Å². The third-order valence-corrected chi connectivity index (χ3v) is 5.81. The second-order valence-corrected chi connectivity index (χ2v) is 7.80. The first-order valence-electron chi connectivity index (χ1n) is 8.56. The van der Waals surface area contributed by atoms with E-state index in [0.717, 1.165) is 45.8 Å². The van der Waals surface area contributed by atoms with Crippen LogP contribution >= 0.6 is 23.4 Å². The fraction of sp³-hybridized carbons (Fsp3) is 0.250. The van der Waals surface area contributed by atoms with E-state index in [4.69, 9.17) is 16.6 Å². The Balaban J connectivity index is 1.52. The van der Waals surface area contributed by atoms with Gasteiger partial charge in [0.15, 0.2) is 0 Å². The molecule has 0 spiro atoms. The van der Waals surface area contributed by atoms with Crippen molar-refractivity contribution in [3.05, 3.63) is 58.9 Å². The minimum Gasteiger partial charge on any atom is -0.325 e. The van der Waals surface area contributed by atoms with Gasteiger partial charge in [0.1, 0.15) is 10.9 Å². The summed E-state index contributed by atoms with van der Waals surface area (Å²) in [6.07, 6.45) is 2.30. The van der Waals surface area contributed by atoms with Crippen molar-refractivity contribution in [3.8, 4) is 0 Å². The quantitative estimate of drug-likeness (QED) is 0.486. The predicted octanol–water partition coefficient (Wildman–Crippen LogP) is 5.20. The zero-order valence-corrected chi connectivity index (χ0v) is 15.9. The van der Waals surface area contributed by atoms with Gasteiger partial charge in [-0.1, -0.05) is 47.6 Å². The van der Waals surface area contributed by atoms with Gasteiger partial charge in [0.2, 0.25) is 5.91 Å². The molecule has 1 aliphatic carbocycles. The van der Waals surface area contributed by atoms with Crippen LogP contribution < -0.4 is 5.32 Å². The molecule has 1 amide bonds. The van der Waals surface area contributed by atoms with Crippen LogP contribution in [0.1, 0.15) is 30.1 Å². The van der Waals surface area contributed by atoms with Crippen molar-refractivity contribution in [2.24, 2.45) is 0 Å². The molecule has 1 aromatic heterocycles. The van der Waals surface area contributed by atoms with Crippen molar-refractivity contribution in [3.63, 3.8) is 0 Å². The van der Waals surface area contributed by atoms with Crippen LogP contribution in [0.5, 0.6) is 0 Å². The van der Waals surface area contributed by atoms with Crippen molar-refractivity contribution in [2.75, 3.05) is 11.1 Å². The molecule has 3 aromatic rings. The Hall–Kier alpha value is -2.11. The smallest absolute Gasteiger partial charge is 0.234 e. The summed E-state index contributed by atoms with van der Waals surface area (Å²) in [6, 6.07) is 13.5. The molecule has 0 radical (unpaired) electrons. The summed E-state index contributed by atoms with van der Waals surface area (Å²) in [6.45, 7) is 1.89. The molecule has 0 aliphatic heterocycles. The number of nitrogens with one attached hydrogen (secondary N) is 1. The van der Waals surface area contributed by atoms with E-state index >= 15 is 0 Å². The topological polar surface area (TPSA) is 54.9 Å². The normalized spacial score (nSPS) is 13.8. The predicted molar refractivity (Wildman–Crippen MR) is 107 cm³/mol. The number of thioether (sulfide) groups is 1. The van der Waals surface area contributed by atoms with Crippen LogP contribution in [0.2, 0.25) is 5.02 Å². The Morgan fingerprint density at radius 1 is 1.19 bits per heavy atom. The van der Waals surface area contributed by atoms with Crippen LogP contribution in [0.4, 0.5) is 5.69 Å². The first-order chi connectivity index (χ1) is 12.6. The van der Waals surface area contributed by atoms with Gasteiger partial charge in [-0.15, -0.1) is 0 Å². The van der Waals surface area contributed by atoms with E-state index in [2.05, 4.69) is 10.3 Å². The number of hydrogen-bond donors (Lipinski definition) is 1. The second-order valence-electron chi connectivity index (χ2n) is 6.43. The first-order valence-corrected chi connectivity index (χ1v) is 9.92. The number of amides is 1. The largest absolute Gasteiger partial charge is 0.325 e. The van der Waals surface area contributed by atoms with Gasteiger partial charge in [0.25, 0.3) is 0 Å². The summed E-state index contributed by atoms with van der Waals surface area (Å²) in [5.74, 6) is 1.59. The number of halogens is 1.